The van der Waals surface area contributed by atoms with Gasteiger partial charge in [-0.25, -0.2) is 0 Å². The number of nitrogens with zero attached hydrogens (tertiary/aromatic N) is 1. The molecule has 0 spiro atoms. The molecule has 118 valence electrons. The first-order chi connectivity index (χ1) is 10.2. The summed E-state index contributed by atoms with van der Waals surface area (Å²) >= 11 is 0. The zero-order valence-corrected chi connectivity index (χ0v) is 13.9. The average molecular weight is 299 g/mol. The molecule has 4 nitrogen and oxygen atoms in total. The Kier molecular flexibility index (Phi) is 4.58. The molecule has 2 N–H and O–H groups in total. The maximum Gasteiger partial charge on any atom is 0.251 e. The van der Waals surface area contributed by atoms with Gasteiger partial charge in [-0.1, -0.05) is 12.1 Å². The van der Waals surface area contributed by atoms with Crippen molar-refractivity contribution >= 4 is 5.91 Å². The Bertz CT molecular complexity index is 565. The number of amides is 1. The predicted octanol–water partition coefficient (Wildman–Crippen LogP) is 2.79. The van der Waals surface area contributed by atoms with Crippen LogP contribution in [0.4, 0.5) is 0 Å². The lowest BCUT2D eigenvalue weighted by molar-refractivity contribution is 0.0873. The number of nitrogens with one attached hydrogen (secondary N) is 2. The molecule has 0 radical (unpaired) electrons. The van der Waals surface area contributed by atoms with Gasteiger partial charge in [0.25, 0.3) is 5.91 Å². The van der Waals surface area contributed by atoms with E-state index in [0.29, 0.717) is 12.0 Å². The molecular weight excluding hydrogens is 274 g/mol. The summed E-state index contributed by atoms with van der Waals surface area (Å²) in [5.41, 5.74) is 1.60. The highest BCUT2D eigenvalue weighted by Gasteiger charge is 2.38. The van der Waals surface area contributed by atoms with Gasteiger partial charge in [0.1, 0.15) is 0 Å². The summed E-state index contributed by atoms with van der Waals surface area (Å²) in [5.74, 6) is -0.0398. The van der Waals surface area contributed by atoms with Gasteiger partial charge in [0.15, 0.2) is 0 Å². The summed E-state index contributed by atoms with van der Waals surface area (Å²) in [6.07, 6.45) is 2.20. The maximum atomic E-state index is 12.4. The van der Waals surface area contributed by atoms with Gasteiger partial charge in [-0.15, -0.1) is 0 Å². The first kappa shape index (κ1) is 16.5. The van der Waals surface area contributed by atoms with E-state index in [1.165, 1.54) is 0 Å². The lowest BCUT2D eigenvalue weighted by atomic mass is 9.79. The van der Waals surface area contributed by atoms with E-state index in [2.05, 4.69) is 44.4 Å². The molecule has 22 heavy (non-hydrogen) atoms. The SMILES string of the molecule is CC1(C)CC(NC(=O)c2ccc(CC#N)cc2)CC(C)(C)N1. The minimum absolute atomic E-state index is 0.0103. The second-order valence-corrected chi connectivity index (χ2v) is 7.50. The molecule has 1 aromatic carbocycles. The Morgan fingerprint density at radius 3 is 2.27 bits per heavy atom. The number of benzene rings is 1. The molecule has 1 saturated heterocycles. The third-order valence-corrected chi connectivity index (χ3v) is 4.02. The molecule has 0 aromatic heterocycles. The van der Waals surface area contributed by atoms with Crippen LogP contribution in [0.25, 0.3) is 0 Å². The fourth-order valence-corrected chi connectivity index (χ4v) is 3.56. The van der Waals surface area contributed by atoms with Crippen molar-refractivity contribution < 1.29 is 4.79 Å². The van der Waals surface area contributed by atoms with E-state index in [1.54, 1.807) is 12.1 Å². The van der Waals surface area contributed by atoms with Gasteiger partial charge in [0.05, 0.1) is 12.5 Å². The summed E-state index contributed by atoms with van der Waals surface area (Å²) in [5, 5.41) is 15.4. The van der Waals surface area contributed by atoms with Crippen LogP contribution < -0.4 is 10.6 Å². The second-order valence-electron chi connectivity index (χ2n) is 7.50. The molecule has 1 aliphatic rings. The molecule has 0 atom stereocenters. The molecule has 1 amide bonds. The normalized spacial score (nSPS) is 20.1. The van der Waals surface area contributed by atoms with Crippen LogP contribution in [-0.2, 0) is 6.42 Å². The Balaban J connectivity index is 2.03. The van der Waals surface area contributed by atoms with Crippen LogP contribution in [0.5, 0.6) is 0 Å². The molecular formula is C18H25N3O. The highest BCUT2D eigenvalue weighted by Crippen LogP contribution is 2.28. The smallest absolute Gasteiger partial charge is 0.251 e. The second kappa shape index (κ2) is 6.10. The number of piperidine rings is 1. The molecule has 2 rings (SSSR count). The fraction of sp³-hybridized carbons (Fsp3) is 0.556. The van der Waals surface area contributed by atoms with E-state index >= 15 is 0 Å². The summed E-state index contributed by atoms with van der Waals surface area (Å²) in [4.78, 5) is 12.4. The van der Waals surface area contributed by atoms with E-state index in [4.69, 9.17) is 5.26 Å². The van der Waals surface area contributed by atoms with Crippen molar-refractivity contribution in [2.45, 2.75) is 64.1 Å². The first-order valence-electron chi connectivity index (χ1n) is 7.77. The molecule has 1 aliphatic heterocycles. The standard InChI is InChI=1S/C18H25N3O/c1-17(2)11-15(12-18(3,4)21-17)20-16(22)14-7-5-13(6-8-14)9-10-19/h5-8,15,21H,9,11-12H2,1-4H3,(H,20,22). The van der Waals surface area contributed by atoms with Crippen LogP contribution in [0.2, 0.25) is 0 Å². The molecule has 0 saturated carbocycles. The van der Waals surface area contributed by atoms with Crippen molar-refractivity contribution in [2.24, 2.45) is 0 Å². The number of carbonyl (C=O) groups is 1. The van der Waals surface area contributed by atoms with Crippen LogP contribution in [0, 0.1) is 11.3 Å². The molecule has 1 heterocycles. The van der Waals surface area contributed by atoms with Crippen molar-refractivity contribution in [1.29, 1.82) is 5.26 Å². The maximum absolute atomic E-state index is 12.4. The van der Waals surface area contributed by atoms with E-state index in [9.17, 15) is 4.79 Å². The van der Waals surface area contributed by atoms with Gasteiger partial charge in [-0.2, -0.15) is 5.26 Å². The van der Waals surface area contributed by atoms with Crippen LogP contribution in [-0.4, -0.2) is 23.0 Å². The van der Waals surface area contributed by atoms with E-state index in [1.807, 2.05) is 12.1 Å². The molecule has 0 unspecified atom stereocenters. The third kappa shape index (κ3) is 4.32. The lowest BCUT2D eigenvalue weighted by Gasteiger charge is -2.46. The molecule has 0 bridgehead atoms. The summed E-state index contributed by atoms with van der Waals surface area (Å²) < 4.78 is 0. The molecule has 1 fully saturated rings. The van der Waals surface area contributed by atoms with Gasteiger partial charge < -0.3 is 10.6 Å². The zero-order valence-electron chi connectivity index (χ0n) is 13.9. The Labute approximate surface area is 132 Å². The Morgan fingerprint density at radius 1 is 1.23 bits per heavy atom. The Morgan fingerprint density at radius 2 is 1.77 bits per heavy atom. The quantitative estimate of drug-likeness (QED) is 0.902. The van der Waals surface area contributed by atoms with Crippen LogP contribution >= 0.6 is 0 Å². The fourth-order valence-electron chi connectivity index (χ4n) is 3.56. The number of hydrogen-bond donors (Lipinski definition) is 2. The van der Waals surface area contributed by atoms with Crippen LogP contribution in [0.3, 0.4) is 0 Å². The van der Waals surface area contributed by atoms with E-state index in [-0.39, 0.29) is 23.0 Å². The van der Waals surface area contributed by atoms with Gasteiger partial charge in [-0.05, 0) is 58.2 Å². The number of nitriles is 1. The highest BCUT2D eigenvalue weighted by molar-refractivity contribution is 5.94. The van der Waals surface area contributed by atoms with Crippen molar-refractivity contribution in [1.82, 2.24) is 10.6 Å². The first-order valence-corrected chi connectivity index (χ1v) is 7.77. The topological polar surface area (TPSA) is 64.9 Å². The third-order valence-electron chi connectivity index (χ3n) is 4.02. The van der Waals surface area contributed by atoms with Crippen LogP contribution in [0.1, 0.15) is 56.5 Å². The predicted molar refractivity (Wildman–Crippen MR) is 87.5 cm³/mol. The van der Waals surface area contributed by atoms with Gasteiger partial charge >= 0.3 is 0 Å². The highest BCUT2D eigenvalue weighted by atomic mass is 16.1. The molecule has 0 aliphatic carbocycles. The van der Waals surface area contributed by atoms with Gasteiger partial charge in [0.2, 0.25) is 0 Å². The Hall–Kier alpha value is -1.86. The number of hydrogen-bond acceptors (Lipinski definition) is 3. The number of carbonyl (C=O) groups excluding carboxylic acids is 1. The van der Waals surface area contributed by atoms with Crippen molar-refractivity contribution in [3.8, 4) is 6.07 Å². The van der Waals surface area contributed by atoms with Crippen molar-refractivity contribution in [3.05, 3.63) is 35.4 Å². The van der Waals surface area contributed by atoms with Crippen LogP contribution in [0.15, 0.2) is 24.3 Å². The summed E-state index contributed by atoms with van der Waals surface area (Å²) in [6.45, 7) is 8.68. The van der Waals surface area contributed by atoms with Crippen molar-refractivity contribution in [3.63, 3.8) is 0 Å². The van der Waals surface area contributed by atoms with Gasteiger partial charge in [0, 0.05) is 22.7 Å². The largest absolute Gasteiger partial charge is 0.349 e. The van der Waals surface area contributed by atoms with E-state index in [0.717, 1.165) is 18.4 Å². The minimum atomic E-state index is -0.0398. The molecule has 1 aromatic rings. The summed E-state index contributed by atoms with van der Waals surface area (Å²) in [7, 11) is 0. The molecule has 4 heteroatoms. The lowest BCUT2D eigenvalue weighted by Crippen LogP contribution is -2.62. The minimum Gasteiger partial charge on any atom is -0.349 e. The van der Waals surface area contributed by atoms with E-state index < -0.39 is 0 Å². The number of rotatable bonds is 3. The monoisotopic (exact) mass is 299 g/mol. The van der Waals surface area contributed by atoms with Crippen molar-refractivity contribution in [2.75, 3.05) is 0 Å². The zero-order chi connectivity index (χ0) is 16.4. The summed E-state index contributed by atoms with van der Waals surface area (Å²) in [6, 6.07) is 9.54. The van der Waals surface area contributed by atoms with Gasteiger partial charge in [-0.3, -0.25) is 4.79 Å². The average Bonchev–Trinajstić information content (AvgIpc) is 2.36.